The first-order valence-electron chi connectivity index (χ1n) is 11.7. The fraction of sp³-hybridized carbons (Fsp3) is 0.600. The standard InChI is InChI=1S/C25H33FN2O3S/c1-31-23(29)15-19-5-4-12-27(19)13-10-18-16-28(14-11-22(18)32)24(25(30)17-8-9-17)20-6-2-3-7-21(20)26/h2-3,6-7,10,17,19,22,24,32H,4-5,8-9,11-16H2,1H3/t19-,22?,24?/m0/s1. The SMILES string of the molecule is COC(=O)C[C@@H]1CCCN1CC=C1CN(C(C(=O)C2CC2)c2ccccc2F)CCC1S. The summed E-state index contributed by atoms with van der Waals surface area (Å²) in [6.07, 6.45) is 7.34. The zero-order chi connectivity index (χ0) is 22.7. The van der Waals surface area contributed by atoms with Gasteiger partial charge in [0.2, 0.25) is 0 Å². The zero-order valence-electron chi connectivity index (χ0n) is 18.7. The van der Waals surface area contributed by atoms with E-state index in [1.54, 1.807) is 12.1 Å². The molecule has 1 aromatic rings. The number of piperidine rings is 1. The van der Waals surface area contributed by atoms with Crippen molar-refractivity contribution in [2.45, 2.75) is 55.9 Å². The first-order chi connectivity index (χ1) is 15.5. The molecule has 3 fully saturated rings. The van der Waals surface area contributed by atoms with Crippen LogP contribution < -0.4 is 0 Å². The Morgan fingerprint density at radius 2 is 2.00 bits per heavy atom. The summed E-state index contributed by atoms with van der Waals surface area (Å²) < 4.78 is 19.5. The second-order valence-corrected chi connectivity index (χ2v) is 9.85. The fourth-order valence-electron chi connectivity index (χ4n) is 5.01. The van der Waals surface area contributed by atoms with Crippen molar-refractivity contribution in [2.75, 3.05) is 33.3 Å². The predicted octanol–water partition coefficient (Wildman–Crippen LogP) is 3.80. The number of hydrogen-bond donors (Lipinski definition) is 1. The van der Waals surface area contributed by atoms with Crippen molar-refractivity contribution in [3.63, 3.8) is 0 Å². The Balaban J connectivity index is 1.49. The number of carbonyl (C=O) groups excluding carboxylic acids is 2. The van der Waals surface area contributed by atoms with E-state index in [0.717, 1.165) is 51.7 Å². The topological polar surface area (TPSA) is 49.9 Å². The van der Waals surface area contributed by atoms with Crippen LogP contribution in [0.4, 0.5) is 4.39 Å². The molecular formula is C25H33FN2O3S. The number of rotatable bonds is 8. The molecular weight excluding hydrogens is 427 g/mol. The number of ketones is 1. The quantitative estimate of drug-likeness (QED) is 0.363. The number of esters is 1. The third-order valence-electron chi connectivity index (χ3n) is 7.03. The number of Topliss-reactive ketones (excluding diaryl/α,β-unsaturated/α-hetero) is 1. The highest BCUT2D eigenvalue weighted by Gasteiger charge is 2.41. The molecule has 2 saturated heterocycles. The van der Waals surface area contributed by atoms with E-state index < -0.39 is 6.04 Å². The average Bonchev–Trinajstić information content (AvgIpc) is 3.55. The van der Waals surface area contributed by atoms with Crippen LogP contribution in [0.3, 0.4) is 0 Å². The Labute approximate surface area is 195 Å². The number of nitrogens with zero attached hydrogens (tertiary/aromatic N) is 2. The normalized spacial score (nSPS) is 26.9. The van der Waals surface area contributed by atoms with Crippen molar-refractivity contribution in [3.8, 4) is 0 Å². The molecule has 2 heterocycles. The minimum absolute atomic E-state index is 0.0597. The van der Waals surface area contributed by atoms with E-state index in [0.29, 0.717) is 18.5 Å². The summed E-state index contributed by atoms with van der Waals surface area (Å²) in [5.41, 5.74) is 1.66. The highest BCUT2D eigenvalue weighted by atomic mass is 32.1. The first-order valence-corrected chi connectivity index (χ1v) is 12.2. The summed E-state index contributed by atoms with van der Waals surface area (Å²) in [5.74, 6) is -0.279. The molecule has 0 aromatic heterocycles. The lowest BCUT2D eigenvalue weighted by Gasteiger charge is -2.38. The Morgan fingerprint density at radius 1 is 1.22 bits per heavy atom. The lowest BCUT2D eigenvalue weighted by atomic mass is 9.93. The van der Waals surface area contributed by atoms with Crippen LogP contribution in [0.1, 0.15) is 50.1 Å². The van der Waals surface area contributed by atoms with Crippen molar-refractivity contribution in [2.24, 2.45) is 5.92 Å². The summed E-state index contributed by atoms with van der Waals surface area (Å²) in [5, 5.41) is 0.130. The van der Waals surface area contributed by atoms with E-state index in [9.17, 15) is 14.0 Å². The van der Waals surface area contributed by atoms with Gasteiger partial charge in [0.25, 0.3) is 0 Å². The van der Waals surface area contributed by atoms with Gasteiger partial charge in [-0.05, 0) is 50.3 Å². The van der Waals surface area contributed by atoms with Crippen LogP contribution in [0.2, 0.25) is 0 Å². The van der Waals surface area contributed by atoms with Gasteiger partial charge in [-0.25, -0.2) is 4.39 Å². The van der Waals surface area contributed by atoms with Gasteiger partial charge in [-0.15, -0.1) is 0 Å². The van der Waals surface area contributed by atoms with Crippen LogP contribution in [0.15, 0.2) is 35.9 Å². The molecule has 1 saturated carbocycles. The van der Waals surface area contributed by atoms with Crippen LogP contribution in [-0.2, 0) is 14.3 Å². The van der Waals surface area contributed by atoms with Gasteiger partial charge < -0.3 is 4.74 Å². The number of thiol groups is 1. The molecule has 5 nitrogen and oxygen atoms in total. The third kappa shape index (κ3) is 5.43. The van der Waals surface area contributed by atoms with Crippen molar-refractivity contribution in [1.82, 2.24) is 9.80 Å². The fourth-order valence-corrected chi connectivity index (χ4v) is 5.31. The molecule has 3 aliphatic rings. The van der Waals surface area contributed by atoms with E-state index in [1.165, 1.54) is 18.7 Å². The summed E-state index contributed by atoms with van der Waals surface area (Å²) in [6.45, 7) is 3.05. The Kier molecular flexibility index (Phi) is 7.69. The third-order valence-corrected chi connectivity index (χ3v) is 7.62. The number of benzene rings is 1. The second-order valence-electron chi connectivity index (χ2n) is 9.23. The van der Waals surface area contributed by atoms with E-state index in [2.05, 4.69) is 15.9 Å². The second kappa shape index (κ2) is 10.5. The minimum atomic E-state index is -0.535. The Hall–Kier alpha value is -1.70. The molecule has 7 heteroatoms. The van der Waals surface area contributed by atoms with Crippen molar-refractivity contribution in [3.05, 3.63) is 47.3 Å². The van der Waals surface area contributed by atoms with Gasteiger partial charge in [0.15, 0.2) is 5.78 Å². The maximum atomic E-state index is 14.7. The summed E-state index contributed by atoms with van der Waals surface area (Å²) in [6, 6.07) is 6.34. The molecule has 4 rings (SSSR count). The Bertz CT molecular complexity index is 872. The number of carbonyl (C=O) groups is 2. The summed E-state index contributed by atoms with van der Waals surface area (Å²) >= 11 is 4.80. The number of ether oxygens (including phenoxy) is 1. The van der Waals surface area contributed by atoms with Gasteiger partial charge in [-0.3, -0.25) is 19.4 Å². The van der Waals surface area contributed by atoms with Crippen LogP contribution in [0, 0.1) is 11.7 Å². The van der Waals surface area contributed by atoms with Crippen molar-refractivity contribution < 1.29 is 18.7 Å². The molecule has 0 N–H and O–H groups in total. The summed E-state index contributed by atoms with van der Waals surface area (Å²) in [7, 11) is 1.43. The first kappa shape index (κ1) is 23.5. The Morgan fingerprint density at radius 3 is 2.72 bits per heavy atom. The van der Waals surface area contributed by atoms with Crippen LogP contribution >= 0.6 is 12.6 Å². The minimum Gasteiger partial charge on any atom is -0.469 e. The highest BCUT2D eigenvalue weighted by Crippen LogP contribution is 2.39. The van der Waals surface area contributed by atoms with Gasteiger partial charge in [0.05, 0.1) is 19.6 Å². The molecule has 3 atom stereocenters. The largest absolute Gasteiger partial charge is 0.469 e. The molecule has 1 aliphatic carbocycles. The van der Waals surface area contributed by atoms with Gasteiger partial charge in [0, 0.05) is 42.4 Å². The molecule has 32 heavy (non-hydrogen) atoms. The lowest BCUT2D eigenvalue weighted by Crippen LogP contribution is -2.43. The number of methoxy groups -OCH3 is 1. The number of hydrogen-bond acceptors (Lipinski definition) is 6. The van der Waals surface area contributed by atoms with Crippen LogP contribution in [-0.4, -0.2) is 66.1 Å². The number of likely N-dealkylation sites (tertiary alicyclic amines) is 2. The molecule has 174 valence electrons. The molecule has 1 aromatic carbocycles. The molecule has 0 amide bonds. The molecule has 2 unspecified atom stereocenters. The van der Waals surface area contributed by atoms with E-state index in [4.69, 9.17) is 17.4 Å². The molecule has 0 radical (unpaired) electrons. The average molecular weight is 461 g/mol. The predicted molar refractivity (Wildman–Crippen MR) is 125 cm³/mol. The maximum Gasteiger partial charge on any atom is 0.307 e. The summed E-state index contributed by atoms with van der Waals surface area (Å²) in [4.78, 5) is 29.4. The monoisotopic (exact) mass is 460 g/mol. The zero-order valence-corrected chi connectivity index (χ0v) is 19.6. The van der Waals surface area contributed by atoms with Gasteiger partial charge in [-0.1, -0.05) is 24.3 Å². The smallest absolute Gasteiger partial charge is 0.307 e. The maximum absolute atomic E-state index is 14.7. The lowest BCUT2D eigenvalue weighted by molar-refractivity contribution is -0.141. The van der Waals surface area contributed by atoms with Crippen LogP contribution in [0.5, 0.6) is 0 Å². The van der Waals surface area contributed by atoms with Gasteiger partial charge in [0.1, 0.15) is 5.82 Å². The van der Waals surface area contributed by atoms with Crippen molar-refractivity contribution in [1.29, 1.82) is 0 Å². The molecule has 2 aliphatic heterocycles. The van der Waals surface area contributed by atoms with Gasteiger partial charge >= 0.3 is 5.97 Å². The van der Waals surface area contributed by atoms with E-state index in [-0.39, 0.29) is 34.8 Å². The molecule has 0 spiro atoms. The van der Waals surface area contributed by atoms with Crippen molar-refractivity contribution >= 4 is 24.4 Å². The van der Waals surface area contributed by atoms with Crippen LogP contribution in [0.25, 0.3) is 0 Å². The highest BCUT2D eigenvalue weighted by molar-refractivity contribution is 7.81. The van der Waals surface area contributed by atoms with E-state index >= 15 is 0 Å². The van der Waals surface area contributed by atoms with E-state index in [1.807, 2.05) is 6.07 Å². The molecule has 0 bridgehead atoms. The number of halogens is 1. The van der Waals surface area contributed by atoms with Gasteiger partial charge in [-0.2, -0.15) is 12.6 Å².